The van der Waals surface area contributed by atoms with Gasteiger partial charge in [-0.3, -0.25) is 19.3 Å². The standard InChI is InChI=1S/C26H23ClN2O5/c27-18-7-4-8-19(13-18)28-21(30)14-34-26(33)20(11-15-5-2-1-3-6-15)29-24(31)22-16-9-10-17(12-16)23(22)25(29)32/h1-10,13,16-17,20,22-23H,11-12,14H2,(H,28,30)/t16-,17-,20-,22+,23+/m0/s1. The Morgan fingerprint density at radius 3 is 2.32 bits per heavy atom. The lowest BCUT2D eigenvalue weighted by Gasteiger charge is -2.26. The van der Waals surface area contributed by atoms with Gasteiger partial charge in [-0.15, -0.1) is 0 Å². The second-order valence-corrected chi connectivity index (χ2v) is 9.35. The van der Waals surface area contributed by atoms with Crippen molar-refractivity contribution in [1.29, 1.82) is 0 Å². The lowest BCUT2D eigenvalue weighted by Crippen LogP contribution is -2.48. The molecule has 2 aromatic carbocycles. The molecule has 2 fully saturated rings. The van der Waals surface area contributed by atoms with Gasteiger partial charge in [0.2, 0.25) is 11.8 Å². The molecule has 1 saturated carbocycles. The number of hydrogen-bond donors (Lipinski definition) is 1. The van der Waals surface area contributed by atoms with Crippen molar-refractivity contribution in [2.24, 2.45) is 23.7 Å². The van der Waals surface area contributed by atoms with Crippen LogP contribution in [0.2, 0.25) is 5.02 Å². The van der Waals surface area contributed by atoms with Crippen LogP contribution >= 0.6 is 11.6 Å². The molecule has 1 N–H and O–H groups in total. The van der Waals surface area contributed by atoms with E-state index < -0.39 is 36.4 Å². The van der Waals surface area contributed by atoms with Crippen LogP contribution in [-0.2, 0) is 30.3 Å². The smallest absolute Gasteiger partial charge is 0.330 e. The van der Waals surface area contributed by atoms with Crippen molar-refractivity contribution in [1.82, 2.24) is 4.90 Å². The highest BCUT2D eigenvalue weighted by Crippen LogP contribution is 2.53. The molecule has 1 saturated heterocycles. The Labute approximate surface area is 201 Å². The van der Waals surface area contributed by atoms with E-state index in [2.05, 4.69) is 5.32 Å². The van der Waals surface area contributed by atoms with Crippen molar-refractivity contribution in [2.45, 2.75) is 18.9 Å². The van der Waals surface area contributed by atoms with E-state index in [-0.39, 0.29) is 30.1 Å². The summed E-state index contributed by atoms with van der Waals surface area (Å²) in [5.74, 6) is -2.75. The number of nitrogens with zero attached hydrogens (tertiary/aromatic N) is 1. The number of amides is 3. The van der Waals surface area contributed by atoms with Crippen LogP contribution in [0.15, 0.2) is 66.7 Å². The van der Waals surface area contributed by atoms with Gasteiger partial charge in [-0.2, -0.15) is 0 Å². The lowest BCUT2D eigenvalue weighted by molar-refractivity contribution is -0.160. The molecule has 0 spiro atoms. The zero-order valence-electron chi connectivity index (χ0n) is 18.2. The van der Waals surface area contributed by atoms with Crippen LogP contribution in [0.4, 0.5) is 5.69 Å². The van der Waals surface area contributed by atoms with E-state index in [9.17, 15) is 19.2 Å². The van der Waals surface area contributed by atoms with Crippen molar-refractivity contribution < 1.29 is 23.9 Å². The summed E-state index contributed by atoms with van der Waals surface area (Å²) in [6, 6.07) is 14.6. The van der Waals surface area contributed by atoms with Gasteiger partial charge in [-0.05, 0) is 42.0 Å². The third-order valence-electron chi connectivity index (χ3n) is 6.81. The minimum absolute atomic E-state index is 0.0355. The third kappa shape index (κ3) is 4.12. The average Bonchev–Trinajstić information content (AvgIpc) is 3.51. The van der Waals surface area contributed by atoms with Gasteiger partial charge < -0.3 is 10.1 Å². The van der Waals surface area contributed by atoms with Gasteiger partial charge in [-0.25, -0.2) is 4.79 Å². The van der Waals surface area contributed by atoms with Crippen LogP contribution in [0.25, 0.3) is 0 Å². The normalized spacial score (nSPS) is 25.4. The second-order valence-electron chi connectivity index (χ2n) is 8.92. The maximum absolute atomic E-state index is 13.3. The fraction of sp³-hybridized carbons (Fsp3) is 0.308. The van der Waals surface area contributed by atoms with Crippen molar-refractivity contribution in [3.05, 3.63) is 77.3 Å². The molecule has 0 unspecified atom stereocenters. The number of ether oxygens (including phenoxy) is 1. The first-order chi connectivity index (χ1) is 16.4. The molecule has 2 aliphatic carbocycles. The van der Waals surface area contributed by atoms with Crippen LogP contribution in [0.1, 0.15) is 12.0 Å². The molecule has 174 valence electrons. The number of likely N-dealkylation sites (tertiary alicyclic amines) is 1. The fourth-order valence-corrected chi connectivity index (χ4v) is 5.54. The summed E-state index contributed by atoms with van der Waals surface area (Å²) in [7, 11) is 0. The van der Waals surface area contributed by atoms with Gasteiger partial charge in [0.15, 0.2) is 6.61 Å². The highest BCUT2D eigenvalue weighted by Gasteiger charge is 2.61. The molecule has 8 heteroatoms. The molecule has 1 aliphatic heterocycles. The van der Waals surface area contributed by atoms with Crippen molar-refractivity contribution in [3.8, 4) is 0 Å². The monoisotopic (exact) mass is 478 g/mol. The first kappa shape index (κ1) is 22.3. The number of hydrogen-bond acceptors (Lipinski definition) is 5. The molecule has 3 aliphatic rings. The molecule has 0 aromatic heterocycles. The van der Waals surface area contributed by atoms with Crippen LogP contribution < -0.4 is 5.32 Å². The SMILES string of the molecule is O=C(COC(=O)[C@H](Cc1ccccc1)N1C(=O)[C@H]2[C@H](C1=O)[C@H]1C=C[C@H]2C1)Nc1cccc(Cl)c1. The zero-order valence-corrected chi connectivity index (χ0v) is 19.0. The molecule has 7 nitrogen and oxygen atoms in total. The molecular weight excluding hydrogens is 456 g/mol. The Balaban J connectivity index is 1.32. The van der Waals surface area contributed by atoms with Gasteiger partial charge in [0.25, 0.3) is 5.91 Å². The maximum atomic E-state index is 13.3. The Hall–Kier alpha value is -3.45. The van der Waals surface area contributed by atoms with Crippen molar-refractivity contribution >= 4 is 41.0 Å². The quantitative estimate of drug-likeness (QED) is 0.374. The molecule has 1 heterocycles. The summed E-state index contributed by atoms with van der Waals surface area (Å²) >= 11 is 5.93. The molecule has 2 aromatic rings. The predicted molar refractivity (Wildman–Crippen MR) is 125 cm³/mol. The van der Waals surface area contributed by atoms with Gasteiger partial charge in [0.1, 0.15) is 6.04 Å². The van der Waals surface area contributed by atoms with Crippen LogP contribution in [0.3, 0.4) is 0 Å². The number of carbonyl (C=O) groups is 4. The van der Waals surface area contributed by atoms with Crippen LogP contribution in [-0.4, -0.2) is 41.2 Å². The molecule has 0 radical (unpaired) electrons. The number of carbonyl (C=O) groups excluding carboxylic acids is 4. The van der Waals surface area contributed by atoms with E-state index in [1.54, 1.807) is 24.3 Å². The number of halogens is 1. The second kappa shape index (κ2) is 9.06. The number of anilines is 1. The molecule has 34 heavy (non-hydrogen) atoms. The Bertz CT molecular complexity index is 1150. The summed E-state index contributed by atoms with van der Waals surface area (Å²) in [5.41, 5.74) is 1.25. The highest BCUT2D eigenvalue weighted by molar-refractivity contribution is 6.30. The minimum Gasteiger partial charge on any atom is -0.454 e. The van der Waals surface area contributed by atoms with Gasteiger partial charge in [-0.1, -0.05) is 60.2 Å². The Morgan fingerprint density at radius 1 is 1.00 bits per heavy atom. The lowest BCUT2D eigenvalue weighted by atomic mass is 9.85. The highest BCUT2D eigenvalue weighted by atomic mass is 35.5. The summed E-state index contributed by atoms with van der Waals surface area (Å²) in [5, 5.41) is 3.07. The number of esters is 1. The maximum Gasteiger partial charge on any atom is 0.330 e. The van der Waals surface area contributed by atoms with E-state index in [0.717, 1.165) is 16.9 Å². The van der Waals surface area contributed by atoms with E-state index in [1.807, 2.05) is 42.5 Å². The Kier molecular flexibility index (Phi) is 5.96. The van der Waals surface area contributed by atoms with E-state index in [0.29, 0.717) is 10.7 Å². The topological polar surface area (TPSA) is 92.8 Å². The number of allylic oxidation sites excluding steroid dienone is 2. The Morgan fingerprint density at radius 2 is 1.68 bits per heavy atom. The summed E-state index contributed by atoms with van der Waals surface area (Å²) in [6.45, 7) is -0.549. The number of rotatable bonds is 7. The van der Waals surface area contributed by atoms with Crippen LogP contribution in [0, 0.1) is 23.7 Å². The van der Waals surface area contributed by atoms with Crippen LogP contribution in [0.5, 0.6) is 0 Å². The van der Waals surface area contributed by atoms with Crippen molar-refractivity contribution in [3.63, 3.8) is 0 Å². The molecule has 2 bridgehead atoms. The first-order valence-corrected chi connectivity index (χ1v) is 11.6. The molecule has 5 rings (SSSR count). The molecule has 3 amide bonds. The van der Waals surface area contributed by atoms with Gasteiger partial charge in [0, 0.05) is 17.1 Å². The van der Waals surface area contributed by atoms with E-state index >= 15 is 0 Å². The minimum atomic E-state index is -1.13. The average molecular weight is 479 g/mol. The number of nitrogens with one attached hydrogen (secondary N) is 1. The zero-order chi connectivity index (χ0) is 23.8. The summed E-state index contributed by atoms with van der Waals surface area (Å²) < 4.78 is 5.30. The van der Waals surface area contributed by atoms with Gasteiger partial charge >= 0.3 is 5.97 Å². The largest absolute Gasteiger partial charge is 0.454 e. The number of benzene rings is 2. The number of imide groups is 1. The summed E-state index contributed by atoms with van der Waals surface area (Å²) in [6.07, 6.45) is 4.93. The fourth-order valence-electron chi connectivity index (χ4n) is 5.35. The number of fused-ring (bicyclic) bond motifs is 5. The predicted octanol–water partition coefficient (Wildman–Crippen LogP) is 3.24. The first-order valence-electron chi connectivity index (χ1n) is 11.2. The van der Waals surface area contributed by atoms with E-state index in [1.165, 1.54) is 0 Å². The van der Waals surface area contributed by atoms with Gasteiger partial charge in [0.05, 0.1) is 11.8 Å². The van der Waals surface area contributed by atoms with E-state index in [4.69, 9.17) is 16.3 Å². The van der Waals surface area contributed by atoms with Crippen molar-refractivity contribution in [2.75, 3.05) is 11.9 Å². The molecule has 5 atom stereocenters. The third-order valence-corrected chi connectivity index (χ3v) is 7.05. The summed E-state index contributed by atoms with van der Waals surface area (Å²) in [4.78, 5) is 53.2. The molecular formula is C26H23ClN2O5.